The zero-order chi connectivity index (χ0) is 18.7. The van der Waals surface area contributed by atoms with Crippen LogP contribution in [0.15, 0.2) is 56.0 Å². The molecule has 0 radical (unpaired) electrons. The summed E-state index contributed by atoms with van der Waals surface area (Å²) in [6.07, 6.45) is 2.62. The van der Waals surface area contributed by atoms with E-state index in [2.05, 4.69) is 43.8 Å². The third kappa shape index (κ3) is 4.07. The summed E-state index contributed by atoms with van der Waals surface area (Å²) in [6, 6.07) is 11.4. The van der Waals surface area contributed by atoms with Gasteiger partial charge in [-0.3, -0.25) is 0 Å². The highest BCUT2D eigenvalue weighted by atomic mass is 79.9. The standard InChI is InChI=1S/C20H17Br2NO3/c1-3-8-25-18-15(21)9-13(10-16(18)22)11-17-20(24)26-19(23-17)14-7-5-4-6-12(14)2/h4-7,9-11H,3,8H2,1-2H3/b17-11-. The van der Waals surface area contributed by atoms with Crippen molar-refractivity contribution in [2.24, 2.45) is 4.99 Å². The Balaban J connectivity index is 1.92. The monoisotopic (exact) mass is 477 g/mol. The van der Waals surface area contributed by atoms with Gasteiger partial charge in [0.15, 0.2) is 5.70 Å². The molecule has 0 amide bonds. The normalized spacial score (nSPS) is 15.2. The maximum Gasteiger partial charge on any atom is 0.363 e. The maximum atomic E-state index is 12.2. The molecular formula is C20H17Br2NO3. The van der Waals surface area contributed by atoms with Crippen LogP contribution in [0.5, 0.6) is 5.75 Å². The first-order valence-electron chi connectivity index (χ1n) is 8.20. The van der Waals surface area contributed by atoms with Crippen LogP contribution in [0.25, 0.3) is 6.08 Å². The van der Waals surface area contributed by atoms with Crippen LogP contribution in [0, 0.1) is 6.92 Å². The Morgan fingerprint density at radius 3 is 2.54 bits per heavy atom. The number of rotatable bonds is 5. The molecule has 0 aliphatic carbocycles. The summed E-state index contributed by atoms with van der Waals surface area (Å²) < 4.78 is 12.7. The van der Waals surface area contributed by atoms with E-state index in [0.29, 0.717) is 12.5 Å². The van der Waals surface area contributed by atoms with E-state index in [1.54, 1.807) is 6.08 Å². The summed E-state index contributed by atoms with van der Waals surface area (Å²) in [4.78, 5) is 16.6. The Labute approximate surface area is 169 Å². The predicted molar refractivity (Wildman–Crippen MR) is 109 cm³/mol. The number of hydrogen-bond acceptors (Lipinski definition) is 4. The summed E-state index contributed by atoms with van der Waals surface area (Å²) in [6.45, 7) is 4.64. The van der Waals surface area contributed by atoms with Crippen molar-refractivity contribution in [2.75, 3.05) is 6.61 Å². The minimum absolute atomic E-state index is 0.268. The van der Waals surface area contributed by atoms with Crippen molar-refractivity contribution in [3.63, 3.8) is 0 Å². The number of nitrogens with zero attached hydrogens (tertiary/aromatic N) is 1. The molecule has 1 aliphatic rings. The van der Waals surface area contributed by atoms with Crippen LogP contribution in [-0.2, 0) is 9.53 Å². The van der Waals surface area contributed by atoms with E-state index < -0.39 is 5.97 Å². The van der Waals surface area contributed by atoms with Crippen LogP contribution in [-0.4, -0.2) is 18.5 Å². The van der Waals surface area contributed by atoms with E-state index in [4.69, 9.17) is 9.47 Å². The summed E-state index contributed by atoms with van der Waals surface area (Å²) in [7, 11) is 0. The molecule has 0 saturated carbocycles. The second-order valence-electron chi connectivity index (χ2n) is 5.81. The summed E-state index contributed by atoms with van der Waals surface area (Å²) in [5.41, 5.74) is 2.90. The lowest BCUT2D eigenvalue weighted by Gasteiger charge is -2.10. The molecule has 0 fully saturated rings. The first-order chi connectivity index (χ1) is 12.5. The molecule has 0 N–H and O–H groups in total. The number of benzene rings is 2. The van der Waals surface area contributed by atoms with Gasteiger partial charge in [0.2, 0.25) is 5.90 Å². The number of aliphatic imine (C=N–C) groups is 1. The van der Waals surface area contributed by atoms with Crippen LogP contribution in [0.2, 0.25) is 0 Å². The van der Waals surface area contributed by atoms with Gasteiger partial charge in [-0.05, 0) is 80.6 Å². The Morgan fingerprint density at radius 1 is 1.19 bits per heavy atom. The van der Waals surface area contributed by atoms with E-state index in [0.717, 1.165) is 37.8 Å². The number of carbonyl (C=O) groups is 1. The van der Waals surface area contributed by atoms with E-state index >= 15 is 0 Å². The Kier molecular flexibility index (Phi) is 5.94. The SMILES string of the molecule is CCCOc1c(Br)cc(/C=C2\N=C(c3ccccc3C)OC2=O)cc1Br. The molecule has 0 aromatic heterocycles. The van der Waals surface area contributed by atoms with Gasteiger partial charge in [0.05, 0.1) is 15.6 Å². The van der Waals surface area contributed by atoms with Crippen LogP contribution >= 0.6 is 31.9 Å². The van der Waals surface area contributed by atoms with E-state index in [1.807, 2.05) is 43.3 Å². The molecule has 26 heavy (non-hydrogen) atoms. The molecule has 134 valence electrons. The lowest BCUT2D eigenvalue weighted by molar-refractivity contribution is -0.129. The molecule has 0 unspecified atom stereocenters. The number of cyclic esters (lactones) is 1. The fraction of sp³-hybridized carbons (Fsp3) is 0.200. The molecule has 0 atom stereocenters. The Bertz CT molecular complexity index is 896. The zero-order valence-electron chi connectivity index (χ0n) is 14.4. The fourth-order valence-electron chi connectivity index (χ4n) is 2.50. The van der Waals surface area contributed by atoms with E-state index in [-0.39, 0.29) is 5.70 Å². The minimum Gasteiger partial charge on any atom is -0.491 e. The van der Waals surface area contributed by atoms with Gasteiger partial charge >= 0.3 is 5.97 Å². The quantitative estimate of drug-likeness (QED) is 0.411. The number of aryl methyl sites for hydroxylation is 1. The first-order valence-corrected chi connectivity index (χ1v) is 9.78. The van der Waals surface area contributed by atoms with Gasteiger partial charge in [-0.15, -0.1) is 0 Å². The summed E-state index contributed by atoms with van der Waals surface area (Å²) in [5.74, 6) is 0.620. The van der Waals surface area contributed by atoms with E-state index in [1.165, 1.54) is 0 Å². The van der Waals surface area contributed by atoms with Gasteiger partial charge in [-0.25, -0.2) is 9.79 Å². The Hall–Kier alpha value is -1.92. The molecule has 1 aliphatic heterocycles. The topological polar surface area (TPSA) is 47.9 Å². The summed E-state index contributed by atoms with van der Waals surface area (Å²) >= 11 is 7.03. The van der Waals surface area contributed by atoms with Crippen molar-refractivity contribution in [1.29, 1.82) is 0 Å². The number of esters is 1. The van der Waals surface area contributed by atoms with Crippen LogP contribution in [0.1, 0.15) is 30.0 Å². The third-order valence-corrected chi connectivity index (χ3v) is 4.95. The van der Waals surface area contributed by atoms with E-state index in [9.17, 15) is 4.79 Å². The molecule has 3 rings (SSSR count). The molecule has 4 nitrogen and oxygen atoms in total. The highest BCUT2D eigenvalue weighted by Gasteiger charge is 2.25. The largest absolute Gasteiger partial charge is 0.491 e. The number of hydrogen-bond donors (Lipinski definition) is 0. The van der Waals surface area contributed by atoms with Gasteiger partial charge in [-0.2, -0.15) is 0 Å². The van der Waals surface area contributed by atoms with Crippen LogP contribution < -0.4 is 4.74 Å². The number of carbonyl (C=O) groups excluding carboxylic acids is 1. The van der Waals surface area contributed by atoms with Crippen molar-refractivity contribution in [2.45, 2.75) is 20.3 Å². The average Bonchev–Trinajstić information content (AvgIpc) is 2.95. The van der Waals surface area contributed by atoms with Gasteiger partial charge in [-0.1, -0.05) is 25.1 Å². The Morgan fingerprint density at radius 2 is 1.88 bits per heavy atom. The second-order valence-corrected chi connectivity index (χ2v) is 7.52. The lowest BCUT2D eigenvalue weighted by Crippen LogP contribution is -2.06. The van der Waals surface area contributed by atoms with Crippen molar-refractivity contribution < 1.29 is 14.3 Å². The maximum absolute atomic E-state index is 12.2. The lowest BCUT2D eigenvalue weighted by atomic mass is 10.1. The van der Waals surface area contributed by atoms with Gasteiger partial charge in [0.1, 0.15) is 5.75 Å². The fourth-order valence-corrected chi connectivity index (χ4v) is 3.95. The molecule has 2 aromatic carbocycles. The molecule has 6 heteroatoms. The van der Waals surface area contributed by atoms with Crippen molar-refractivity contribution in [3.05, 3.63) is 67.7 Å². The molecule has 0 bridgehead atoms. The van der Waals surface area contributed by atoms with Gasteiger partial charge < -0.3 is 9.47 Å². The minimum atomic E-state index is -0.457. The predicted octanol–water partition coefficient (Wildman–Crippen LogP) is 5.65. The van der Waals surface area contributed by atoms with Crippen LogP contribution in [0.4, 0.5) is 0 Å². The van der Waals surface area contributed by atoms with Crippen LogP contribution in [0.3, 0.4) is 0 Å². The third-order valence-electron chi connectivity index (χ3n) is 3.77. The highest BCUT2D eigenvalue weighted by Crippen LogP contribution is 2.36. The highest BCUT2D eigenvalue weighted by molar-refractivity contribution is 9.11. The number of halogens is 2. The molecule has 0 spiro atoms. The molecule has 1 heterocycles. The molecular weight excluding hydrogens is 462 g/mol. The second kappa shape index (κ2) is 8.18. The molecule has 0 saturated heterocycles. The van der Waals surface area contributed by atoms with Gasteiger partial charge in [0, 0.05) is 5.56 Å². The summed E-state index contributed by atoms with van der Waals surface area (Å²) in [5, 5.41) is 0. The van der Waals surface area contributed by atoms with Gasteiger partial charge in [0.25, 0.3) is 0 Å². The van der Waals surface area contributed by atoms with Crippen molar-refractivity contribution in [1.82, 2.24) is 0 Å². The smallest absolute Gasteiger partial charge is 0.363 e. The molecule has 2 aromatic rings. The average molecular weight is 479 g/mol. The van der Waals surface area contributed by atoms with Crippen molar-refractivity contribution >= 4 is 49.8 Å². The zero-order valence-corrected chi connectivity index (χ0v) is 17.6. The van der Waals surface area contributed by atoms with Crippen molar-refractivity contribution in [3.8, 4) is 5.75 Å². The first kappa shape index (κ1) is 18.9. The number of ether oxygens (including phenoxy) is 2.